The highest BCUT2D eigenvalue weighted by Crippen LogP contribution is 2.28. The number of nitrogens with zero attached hydrogens (tertiary/aromatic N) is 2. The second-order valence-corrected chi connectivity index (χ2v) is 4.94. The summed E-state index contributed by atoms with van der Waals surface area (Å²) in [6, 6.07) is 0. The Hall–Kier alpha value is -1.04. The molecular formula is C12H17ClF3N3. The standard InChI is InChI=1S/C12H17ClF3N3/c1-8(2)9-10(13)18-7-19-11(9)17-6-4-3-5-12(14,15)16/h7-8H,3-6H2,1-2H3,(H,17,18,19). The van der Waals surface area contributed by atoms with Crippen LogP contribution in [0.5, 0.6) is 0 Å². The maximum Gasteiger partial charge on any atom is 0.389 e. The number of anilines is 1. The molecule has 1 heterocycles. The van der Waals surface area contributed by atoms with Gasteiger partial charge in [-0.2, -0.15) is 13.2 Å². The highest BCUT2D eigenvalue weighted by atomic mass is 35.5. The zero-order valence-electron chi connectivity index (χ0n) is 10.9. The lowest BCUT2D eigenvalue weighted by Crippen LogP contribution is -2.11. The van der Waals surface area contributed by atoms with Gasteiger partial charge in [-0.3, -0.25) is 0 Å². The van der Waals surface area contributed by atoms with Crippen LogP contribution in [0, 0.1) is 0 Å². The van der Waals surface area contributed by atoms with Crippen LogP contribution in [0.4, 0.5) is 19.0 Å². The molecule has 0 aliphatic rings. The number of nitrogens with one attached hydrogen (secondary N) is 1. The minimum absolute atomic E-state index is 0.103. The Morgan fingerprint density at radius 1 is 1.26 bits per heavy atom. The molecule has 0 aromatic carbocycles. The fourth-order valence-electron chi connectivity index (χ4n) is 1.68. The van der Waals surface area contributed by atoms with Crippen molar-refractivity contribution in [3.8, 4) is 0 Å². The van der Waals surface area contributed by atoms with Crippen LogP contribution in [0.2, 0.25) is 5.15 Å². The van der Waals surface area contributed by atoms with E-state index < -0.39 is 12.6 Å². The minimum atomic E-state index is -4.08. The Labute approximate surface area is 115 Å². The van der Waals surface area contributed by atoms with E-state index in [1.807, 2.05) is 13.8 Å². The molecule has 0 bridgehead atoms. The first kappa shape index (κ1) is 16.0. The number of halogens is 4. The SMILES string of the molecule is CC(C)c1c(Cl)ncnc1NCCCCC(F)(F)F. The third-order valence-electron chi connectivity index (χ3n) is 2.59. The molecule has 0 aliphatic heterocycles. The summed E-state index contributed by atoms with van der Waals surface area (Å²) in [6.45, 7) is 4.35. The van der Waals surface area contributed by atoms with Crippen LogP contribution in [0.25, 0.3) is 0 Å². The van der Waals surface area contributed by atoms with Crippen molar-refractivity contribution in [3.63, 3.8) is 0 Å². The zero-order chi connectivity index (χ0) is 14.5. The summed E-state index contributed by atoms with van der Waals surface area (Å²) in [4.78, 5) is 7.98. The monoisotopic (exact) mass is 295 g/mol. The van der Waals surface area contributed by atoms with Crippen molar-refractivity contribution in [1.82, 2.24) is 9.97 Å². The summed E-state index contributed by atoms with van der Waals surface area (Å²) in [7, 11) is 0. The molecule has 1 N–H and O–H groups in total. The Morgan fingerprint density at radius 2 is 1.95 bits per heavy atom. The average Bonchev–Trinajstić information content (AvgIpc) is 2.26. The Bertz CT molecular complexity index is 408. The quantitative estimate of drug-likeness (QED) is 0.624. The van der Waals surface area contributed by atoms with Crippen LogP contribution in [0.1, 0.15) is 44.6 Å². The number of alkyl halides is 3. The number of hydrogen-bond acceptors (Lipinski definition) is 3. The fraction of sp³-hybridized carbons (Fsp3) is 0.667. The van der Waals surface area contributed by atoms with Crippen molar-refractivity contribution in [3.05, 3.63) is 17.0 Å². The van der Waals surface area contributed by atoms with Crippen LogP contribution in [0.15, 0.2) is 6.33 Å². The van der Waals surface area contributed by atoms with Crippen molar-refractivity contribution in [2.45, 2.75) is 45.2 Å². The minimum Gasteiger partial charge on any atom is -0.370 e. The summed E-state index contributed by atoms with van der Waals surface area (Å²) >= 11 is 5.98. The van der Waals surface area contributed by atoms with E-state index in [0.29, 0.717) is 23.9 Å². The van der Waals surface area contributed by atoms with Gasteiger partial charge in [0, 0.05) is 18.5 Å². The van der Waals surface area contributed by atoms with Crippen LogP contribution in [-0.4, -0.2) is 22.7 Å². The van der Waals surface area contributed by atoms with Crippen molar-refractivity contribution >= 4 is 17.4 Å². The predicted octanol–water partition coefficient (Wildman–Crippen LogP) is 4.40. The van der Waals surface area contributed by atoms with Gasteiger partial charge in [-0.15, -0.1) is 0 Å². The summed E-state index contributed by atoms with van der Waals surface area (Å²) in [5.74, 6) is 0.744. The maximum absolute atomic E-state index is 12.0. The predicted molar refractivity (Wildman–Crippen MR) is 69.5 cm³/mol. The van der Waals surface area contributed by atoms with Gasteiger partial charge < -0.3 is 5.32 Å². The molecule has 0 amide bonds. The van der Waals surface area contributed by atoms with E-state index in [0.717, 1.165) is 5.56 Å². The van der Waals surface area contributed by atoms with Crippen molar-refractivity contribution < 1.29 is 13.2 Å². The summed E-state index contributed by atoms with van der Waals surface area (Å²) in [6.07, 6.45) is -2.96. The summed E-state index contributed by atoms with van der Waals surface area (Å²) < 4.78 is 35.9. The second-order valence-electron chi connectivity index (χ2n) is 4.58. The number of unbranched alkanes of at least 4 members (excludes halogenated alkanes) is 1. The topological polar surface area (TPSA) is 37.8 Å². The molecule has 19 heavy (non-hydrogen) atoms. The van der Waals surface area contributed by atoms with E-state index in [9.17, 15) is 13.2 Å². The Morgan fingerprint density at radius 3 is 2.53 bits per heavy atom. The Balaban J connectivity index is 2.48. The first-order chi connectivity index (χ1) is 8.81. The van der Waals surface area contributed by atoms with Gasteiger partial charge in [-0.1, -0.05) is 25.4 Å². The second kappa shape index (κ2) is 6.93. The van der Waals surface area contributed by atoms with Gasteiger partial charge in [0.2, 0.25) is 0 Å². The number of rotatable bonds is 6. The number of aromatic nitrogens is 2. The molecule has 0 unspecified atom stereocenters. The van der Waals surface area contributed by atoms with Crippen LogP contribution in [-0.2, 0) is 0 Å². The van der Waals surface area contributed by atoms with Gasteiger partial charge >= 0.3 is 6.18 Å². The molecule has 108 valence electrons. The molecule has 0 fully saturated rings. The van der Waals surface area contributed by atoms with E-state index in [2.05, 4.69) is 15.3 Å². The molecule has 1 aromatic rings. The van der Waals surface area contributed by atoms with Gasteiger partial charge in [-0.25, -0.2) is 9.97 Å². The molecule has 0 spiro atoms. The lowest BCUT2D eigenvalue weighted by atomic mass is 10.1. The lowest BCUT2D eigenvalue weighted by Gasteiger charge is -2.14. The van der Waals surface area contributed by atoms with Gasteiger partial charge in [0.05, 0.1) is 0 Å². The first-order valence-electron chi connectivity index (χ1n) is 6.12. The molecule has 0 saturated heterocycles. The van der Waals surface area contributed by atoms with Gasteiger partial charge in [0.15, 0.2) is 0 Å². The molecule has 7 heteroatoms. The molecule has 3 nitrogen and oxygen atoms in total. The lowest BCUT2D eigenvalue weighted by molar-refractivity contribution is -0.135. The normalized spacial score (nSPS) is 11.9. The highest BCUT2D eigenvalue weighted by Gasteiger charge is 2.25. The van der Waals surface area contributed by atoms with Crippen LogP contribution < -0.4 is 5.32 Å². The molecule has 0 saturated carbocycles. The first-order valence-corrected chi connectivity index (χ1v) is 6.50. The van der Waals surface area contributed by atoms with E-state index in [4.69, 9.17) is 11.6 Å². The molecule has 0 radical (unpaired) electrons. The van der Waals surface area contributed by atoms with E-state index in [1.54, 1.807) is 0 Å². The van der Waals surface area contributed by atoms with Crippen molar-refractivity contribution in [2.24, 2.45) is 0 Å². The summed E-state index contributed by atoms with van der Waals surface area (Å²) in [5.41, 5.74) is 0.792. The largest absolute Gasteiger partial charge is 0.389 e. The van der Waals surface area contributed by atoms with Crippen molar-refractivity contribution in [1.29, 1.82) is 0 Å². The molecule has 0 aliphatic carbocycles. The fourth-order valence-corrected chi connectivity index (χ4v) is 2.04. The van der Waals surface area contributed by atoms with Crippen LogP contribution >= 0.6 is 11.6 Å². The van der Waals surface area contributed by atoms with Crippen LogP contribution in [0.3, 0.4) is 0 Å². The Kier molecular flexibility index (Phi) is 5.85. The third kappa shape index (κ3) is 5.63. The van der Waals surface area contributed by atoms with E-state index >= 15 is 0 Å². The number of hydrogen-bond donors (Lipinski definition) is 1. The molecular weight excluding hydrogens is 279 g/mol. The molecule has 1 aromatic heterocycles. The molecule has 0 atom stereocenters. The van der Waals surface area contributed by atoms with E-state index in [-0.39, 0.29) is 12.3 Å². The highest BCUT2D eigenvalue weighted by molar-refractivity contribution is 6.30. The molecule has 1 rings (SSSR count). The van der Waals surface area contributed by atoms with Crippen molar-refractivity contribution in [2.75, 3.05) is 11.9 Å². The summed E-state index contributed by atoms with van der Waals surface area (Å²) in [5, 5.41) is 3.40. The average molecular weight is 296 g/mol. The smallest absolute Gasteiger partial charge is 0.370 e. The maximum atomic E-state index is 12.0. The van der Waals surface area contributed by atoms with E-state index in [1.165, 1.54) is 6.33 Å². The van der Waals surface area contributed by atoms with Gasteiger partial charge in [-0.05, 0) is 18.8 Å². The third-order valence-corrected chi connectivity index (χ3v) is 2.89. The van der Waals surface area contributed by atoms with Gasteiger partial charge in [0.25, 0.3) is 0 Å². The van der Waals surface area contributed by atoms with Gasteiger partial charge in [0.1, 0.15) is 17.3 Å². The zero-order valence-corrected chi connectivity index (χ0v) is 11.6.